The summed E-state index contributed by atoms with van der Waals surface area (Å²) < 4.78 is 40.7. The van der Waals surface area contributed by atoms with E-state index in [1.165, 1.54) is 0 Å². The van der Waals surface area contributed by atoms with Crippen molar-refractivity contribution in [3.8, 4) is 0 Å². The molecule has 0 saturated heterocycles. The van der Waals surface area contributed by atoms with Gasteiger partial charge in [-0.3, -0.25) is 0 Å². The van der Waals surface area contributed by atoms with E-state index in [0.29, 0.717) is 92.5 Å². The zero-order valence-electron chi connectivity index (χ0n) is 20.1. The van der Waals surface area contributed by atoms with Gasteiger partial charge in [0, 0.05) is 8.95 Å². The third-order valence-corrected chi connectivity index (χ3v) is 5.65. The van der Waals surface area contributed by atoms with Crippen molar-refractivity contribution in [2.24, 2.45) is 0 Å². The van der Waals surface area contributed by atoms with Crippen molar-refractivity contribution in [3.63, 3.8) is 0 Å². The van der Waals surface area contributed by atoms with Crippen LogP contribution in [0.4, 0.5) is 0 Å². The zero-order chi connectivity index (χ0) is 24.8. The van der Waals surface area contributed by atoms with Crippen LogP contribution in [0.5, 0.6) is 0 Å². The quantitative estimate of drug-likeness (QED) is 0.171. The highest BCUT2D eigenvalue weighted by Crippen LogP contribution is 2.11. The molecule has 0 amide bonds. The van der Waals surface area contributed by atoms with Crippen LogP contribution in [0, 0.1) is 0 Å². The van der Waals surface area contributed by atoms with Gasteiger partial charge in [0.1, 0.15) is 0 Å². The molecule has 2 aromatic rings. The summed E-state index contributed by atoms with van der Waals surface area (Å²) in [5.74, 6) is 0. The van der Waals surface area contributed by atoms with Crippen LogP contribution in [0.15, 0.2) is 57.5 Å². The van der Waals surface area contributed by atoms with Crippen molar-refractivity contribution in [3.05, 3.63) is 68.6 Å². The minimum Gasteiger partial charge on any atom is -0.377 e. The number of hydrogen-bond acceptors (Lipinski definition) is 7. The standard InChI is InChI=1S/C26H36Br2O7/c27-25-5-1-23(2-6-25)21-34-19-17-32-15-13-30-11-9-29-10-12-31-14-16-33-18-20-35-22-24-3-7-26(28)8-4-24/h1-8H,9-22H2. The van der Waals surface area contributed by atoms with Gasteiger partial charge in [-0.25, -0.2) is 0 Å². The van der Waals surface area contributed by atoms with Crippen molar-refractivity contribution in [1.29, 1.82) is 0 Å². The van der Waals surface area contributed by atoms with Crippen molar-refractivity contribution in [2.45, 2.75) is 13.2 Å². The van der Waals surface area contributed by atoms with Crippen molar-refractivity contribution in [1.82, 2.24) is 0 Å². The van der Waals surface area contributed by atoms with E-state index in [-0.39, 0.29) is 0 Å². The van der Waals surface area contributed by atoms with E-state index in [0.717, 1.165) is 20.1 Å². The molecule has 0 aromatic heterocycles. The van der Waals surface area contributed by atoms with E-state index < -0.39 is 0 Å². The molecule has 196 valence electrons. The summed E-state index contributed by atoms with van der Waals surface area (Å²) in [6, 6.07) is 16.2. The average molecular weight is 620 g/mol. The fraction of sp³-hybridized carbons (Fsp3) is 0.538. The van der Waals surface area contributed by atoms with E-state index in [1.54, 1.807) is 0 Å². The molecule has 0 radical (unpaired) electrons. The molecule has 0 saturated carbocycles. The monoisotopic (exact) mass is 618 g/mol. The summed E-state index contributed by atoms with van der Waals surface area (Å²) in [7, 11) is 0. The van der Waals surface area contributed by atoms with Crippen LogP contribution in [0.25, 0.3) is 0 Å². The largest absolute Gasteiger partial charge is 0.377 e. The number of halogens is 2. The Balaban J connectivity index is 1.21. The lowest BCUT2D eigenvalue weighted by Crippen LogP contribution is -2.14. The maximum atomic E-state index is 5.58. The van der Waals surface area contributed by atoms with Crippen LogP contribution in [0.1, 0.15) is 11.1 Å². The molecule has 0 atom stereocenters. The van der Waals surface area contributed by atoms with Gasteiger partial charge in [-0.1, -0.05) is 56.1 Å². The van der Waals surface area contributed by atoms with Gasteiger partial charge < -0.3 is 33.2 Å². The van der Waals surface area contributed by atoms with Crippen molar-refractivity contribution in [2.75, 3.05) is 79.3 Å². The van der Waals surface area contributed by atoms with E-state index >= 15 is 0 Å². The van der Waals surface area contributed by atoms with Crippen LogP contribution < -0.4 is 0 Å². The molecule has 7 nitrogen and oxygen atoms in total. The van der Waals surface area contributed by atoms with Gasteiger partial charge >= 0.3 is 0 Å². The normalized spacial score (nSPS) is 11.3. The van der Waals surface area contributed by atoms with Gasteiger partial charge in [0.05, 0.1) is 92.5 Å². The van der Waals surface area contributed by atoms with Gasteiger partial charge in [-0.05, 0) is 35.4 Å². The lowest BCUT2D eigenvalue weighted by Gasteiger charge is -2.08. The summed E-state index contributed by atoms with van der Waals surface area (Å²) in [5.41, 5.74) is 2.29. The molecule has 0 aliphatic carbocycles. The average Bonchev–Trinajstić information content (AvgIpc) is 2.87. The minimum absolute atomic E-state index is 0.534. The molecule has 2 aromatic carbocycles. The number of ether oxygens (including phenoxy) is 7. The maximum Gasteiger partial charge on any atom is 0.0718 e. The van der Waals surface area contributed by atoms with Crippen LogP contribution >= 0.6 is 31.9 Å². The topological polar surface area (TPSA) is 64.6 Å². The van der Waals surface area contributed by atoms with Gasteiger partial charge in [0.25, 0.3) is 0 Å². The van der Waals surface area contributed by atoms with E-state index in [2.05, 4.69) is 31.9 Å². The number of hydrogen-bond donors (Lipinski definition) is 0. The highest BCUT2D eigenvalue weighted by Gasteiger charge is 1.97. The van der Waals surface area contributed by atoms with Gasteiger partial charge in [-0.2, -0.15) is 0 Å². The molecule has 0 spiro atoms. The predicted molar refractivity (Wildman–Crippen MR) is 142 cm³/mol. The molecule has 35 heavy (non-hydrogen) atoms. The van der Waals surface area contributed by atoms with Crippen molar-refractivity contribution < 1.29 is 33.2 Å². The molecule has 9 heteroatoms. The third-order valence-electron chi connectivity index (χ3n) is 4.60. The molecule has 0 unspecified atom stereocenters. The summed E-state index contributed by atoms with van der Waals surface area (Å²) in [4.78, 5) is 0. The van der Waals surface area contributed by atoms with Crippen LogP contribution in [-0.2, 0) is 46.4 Å². The van der Waals surface area contributed by atoms with E-state index in [1.807, 2.05) is 48.5 Å². The minimum atomic E-state index is 0.534. The Labute approximate surface area is 225 Å². The fourth-order valence-corrected chi connectivity index (χ4v) is 3.29. The Bertz CT molecular complexity index is 681. The van der Waals surface area contributed by atoms with Gasteiger partial charge in [-0.15, -0.1) is 0 Å². The lowest BCUT2D eigenvalue weighted by molar-refractivity contribution is -0.0217. The Morgan fingerprint density at radius 1 is 0.343 bits per heavy atom. The summed E-state index contributed by atoms with van der Waals surface area (Å²) in [5, 5.41) is 0. The molecule has 0 bridgehead atoms. The first-order valence-electron chi connectivity index (χ1n) is 11.8. The molecule has 2 rings (SSSR count). The first kappa shape index (κ1) is 30.3. The van der Waals surface area contributed by atoms with E-state index in [4.69, 9.17) is 33.2 Å². The van der Waals surface area contributed by atoms with Crippen LogP contribution in [-0.4, -0.2) is 79.3 Å². The second-order valence-electron chi connectivity index (χ2n) is 7.42. The SMILES string of the molecule is Brc1ccc(COCCOCCOCCOCCOCCOCCOCc2ccc(Br)cc2)cc1. The van der Waals surface area contributed by atoms with Crippen LogP contribution in [0.2, 0.25) is 0 Å². The molecule has 0 fully saturated rings. The summed E-state index contributed by atoms with van der Waals surface area (Å²) in [6.07, 6.45) is 0. The van der Waals surface area contributed by atoms with Crippen LogP contribution in [0.3, 0.4) is 0 Å². The number of benzene rings is 2. The lowest BCUT2D eigenvalue weighted by atomic mass is 10.2. The molecule has 0 aliphatic heterocycles. The first-order chi connectivity index (χ1) is 17.2. The highest BCUT2D eigenvalue weighted by molar-refractivity contribution is 9.10. The second-order valence-corrected chi connectivity index (χ2v) is 9.25. The van der Waals surface area contributed by atoms with Crippen molar-refractivity contribution >= 4 is 31.9 Å². The first-order valence-corrected chi connectivity index (χ1v) is 13.4. The molecular weight excluding hydrogens is 584 g/mol. The second kappa shape index (κ2) is 21.2. The smallest absolute Gasteiger partial charge is 0.0718 e. The third kappa shape index (κ3) is 17.3. The zero-order valence-corrected chi connectivity index (χ0v) is 23.3. The fourth-order valence-electron chi connectivity index (χ4n) is 2.76. The molecule has 0 aliphatic rings. The van der Waals surface area contributed by atoms with Gasteiger partial charge in [0.2, 0.25) is 0 Å². The highest BCUT2D eigenvalue weighted by atomic mass is 79.9. The predicted octanol–water partition coefficient (Wildman–Crippen LogP) is 5.03. The molecule has 0 heterocycles. The maximum absolute atomic E-state index is 5.58. The number of rotatable bonds is 22. The van der Waals surface area contributed by atoms with Gasteiger partial charge in [0.15, 0.2) is 0 Å². The Morgan fingerprint density at radius 2 is 0.571 bits per heavy atom. The summed E-state index contributed by atoms with van der Waals surface area (Å²) in [6.45, 7) is 7.70. The Morgan fingerprint density at radius 3 is 0.829 bits per heavy atom. The summed E-state index contributed by atoms with van der Waals surface area (Å²) >= 11 is 6.83. The Kier molecular flexibility index (Phi) is 18.4. The molecular formula is C26H36Br2O7. The van der Waals surface area contributed by atoms with E-state index in [9.17, 15) is 0 Å². The Hall–Kier alpha value is -0.880. The molecule has 0 N–H and O–H groups in total.